The van der Waals surface area contributed by atoms with E-state index in [9.17, 15) is 4.79 Å². The molecule has 2 aromatic carbocycles. The quantitative estimate of drug-likeness (QED) is 0.656. The summed E-state index contributed by atoms with van der Waals surface area (Å²) < 4.78 is 0. The molecule has 132 valence electrons. The van der Waals surface area contributed by atoms with E-state index >= 15 is 0 Å². The number of carbonyl (C=O) groups is 1. The van der Waals surface area contributed by atoms with Gasteiger partial charge in [0.25, 0.3) is 5.91 Å². The summed E-state index contributed by atoms with van der Waals surface area (Å²) in [6.45, 7) is 2.61. The van der Waals surface area contributed by atoms with Crippen molar-refractivity contribution in [2.45, 2.75) is 11.8 Å². The van der Waals surface area contributed by atoms with Crippen LogP contribution in [0.15, 0.2) is 65.8 Å². The topological polar surface area (TPSA) is 57.0 Å². The van der Waals surface area contributed by atoms with Gasteiger partial charge in [0.1, 0.15) is 0 Å². The van der Waals surface area contributed by atoms with Gasteiger partial charge in [0.2, 0.25) is 0 Å². The summed E-state index contributed by atoms with van der Waals surface area (Å²) in [4.78, 5) is 20.4. The van der Waals surface area contributed by atoms with E-state index in [1.165, 1.54) is 0 Å². The van der Waals surface area contributed by atoms with Gasteiger partial charge in [-0.2, -0.15) is 5.26 Å². The minimum absolute atomic E-state index is 0.00780. The number of aromatic nitrogens is 1. The summed E-state index contributed by atoms with van der Waals surface area (Å²) in [5, 5.41) is 9.01. The Morgan fingerprint density at radius 1 is 1.15 bits per heavy atom. The molecule has 2 heterocycles. The highest BCUT2D eigenvalue weighted by Gasteiger charge is 2.27. The van der Waals surface area contributed by atoms with Gasteiger partial charge in [-0.3, -0.25) is 9.78 Å². The third-order valence-electron chi connectivity index (χ3n) is 4.68. The average Bonchev–Trinajstić information content (AvgIpc) is 2.73. The molecule has 4 nitrogen and oxygen atoms in total. The Kier molecular flexibility index (Phi) is 4.66. The van der Waals surface area contributed by atoms with Crippen molar-refractivity contribution in [3.8, 4) is 17.2 Å². The number of aryl methyl sites for hydroxylation is 1. The van der Waals surface area contributed by atoms with Gasteiger partial charge in [-0.25, -0.2) is 0 Å². The fourth-order valence-electron chi connectivity index (χ4n) is 3.24. The predicted octanol–water partition coefficient (Wildman–Crippen LogP) is 4.68. The molecule has 0 fully saturated rings. The van der Waals surface area contributed by atoms with Crippen molar-refractivity contribution in [3.63, 3.8) is 0 Å². The number of hydrogen-bond donors (Lipinski definition) is 0. The molecule has 1 aromatic heterocycles. The van der Waals surface area contributed by atoms with Gasteiger partial charge in [-0.1, -0.05) is 30.3 Å². The molecule has 1 aliphatic heterocycles. The molecular formula is C22H17N3OS. The van der Waals surface area contributed by atoms with Gasteiger partial charge in [-0.05, 0) is 36.2 Å². The smallest absolute Gasteiger partial charge is 0.258 e. The van der Waals surface area contributed by atoms with Crippen LogP contribution < -0.4 is 4.90 Å². The highest BCUT2D eigenvalue weighted by molar-refractivity contribution is 7.99. The van der Waals surface area contributed by atoms with Crippen LogP contribution in [0.2, 0.25) is 0 Å². The summed E-state index contributed by atoms with van der Waals surface area (Å²) in [7, 11) is 0. The van der Waals surface area contributed by atoms with Crippen molar-refractivity contribution in [1.82, 2.24) is 4.98 Å². The maximum Gasteiger partial charge on any atom is 0.258 e. The number of thioether (sulfide) groups is 1. The standard InChI is InChI=1S/C22H17N3OS/c1-15-4-2-3-5-18(15)22(26)25-10-11-27-21-19(13-24-14-20(21)25)17-8-6-16(12-23)7-9-17/h2-9,13-14H,10-11H2,1H3. The first-order valence-corrected chi connectivity index (χ1v) is 9.66. The molecule has 0 saturated carbocycles. The fraction of sp³-hybridized carbons (Fsp3) is 0.136. The van der Waals surface area contributed by atoms with E-state index in [0.717, 1.165) is 38.6 Å². The number of amides is 1. The number of fused-ring (bicyclic) bond motifs is 1. The van der Waals surface area contributed by atoms with Crippen LogP contribution in [0.4, 0.5) is 5.69 Å². The summed E-state index contributed by atoms with van der Waals surface area (Å²) in [6.07, 6.45) is 3.60. The van der Waals surface area contributed by atoms with Crippen LogP contribution in [0.5, 0.6) is 0 Å². The van der Waals surface area contributed by atoms with Crippen molar-refractivity contribution in [2.24, 2.45) is 0 Å². The summed E-state index contributed by atoms with van der Waals surface area (Å²) in [6, 6.07) is 17.3. The lowest BCUT2D eigenvalue weighted by molar-refractivity contribution is 0.0987. The zero-order valence-corrected chi connectivity index (χ0v) is 15.7. The van der Waals surface area contributed by atoms with Crippen LogP contribution in [-0.2, 0) is 0 Å². The minimum atomic E-state index is 0.00780. The van der Waals surface area contributed by atoms with E-state index < -0.39 is 0 Å². The van der Waals surface area contributed by atoms with E-state index in [0.29, 0.717) is 12.1 Å². The highest BCUT2D eigenvalue weighted by Crippen LogP contribution is 2.41. The molecule has 1 amide bonds. The SMILES string of the molecule is Cc1ccccc1C(=O)N1CCSc2c(-c3ccc(C#N)cc3)cncc21. The number of pyridine rings is 1. The van der Waals surface area contributed by atoms with Crippen LogP contribution in [0.1, 0.15) is 21.5 Å². The Morgan fingerprint density at radius 3 is 2.67 bits per heavy atom. The zero-order valence-electron chi connectivity index (χ0n) is 14.8. The Bertz CT molecular complexity index is 1050. The van der Waals surface area contributed by atoms with Gasteiger partial charge in [0, 0.05) is 34.5 Å². The molecule has 0 saturated heterocycles. The number of anilines is 1. The lowest BCUT2D eigenvalue weighted by Crippen LogP contribution is -2.36. The molecular weight excluding hydrogens is 354 g/mol. The summed E-state index contributed by atoms with van der Waals surface area (Å²) in [5.74, 6) is 0.839. The molecule has 0 unspecified atom stereocenters. The van der Waals surface area contributed by atoms with Gasteiger partial charge in [0.15, 0.2) is 0 Å². The van der Waals surface area contributed by atoms with E-state index in [1.54, 1.807) is 30.1 Å². The van der Waals surface area contributed by atoms with E-state index in [-0.39, 0.29) is 5.91 Å². The second-order valence-electron chi connectivity index (χ2n) is 6.34. The molecule has 0 radical (unpaired) electrons. The Hall–Kier alpha value is -3.10. The van der Waals surface area contributed by atoms with E-state index in [1.807, 2.05) is 54.4 Å². The molecule has 27 heavy (non-hydrogen) atoms. The molecule has 0 N–H and O–H groups in total. The van der Waals surface area contributed by atoms with Crippen LogP contribution >= 0.6 is 11.8 Å². The molecule has 5 heteroatoms. The maximum absolute atomic E-state index is 13.2. The molecule has 0 aliphatic carbocycles. The number of hydrogen-bond acceptors (Lipinski definition) is 4. The number of nitriles is 1. The number of nitrogens with zero attached hydrogens (tertiary/aromatic N) is 3. The zero-order chi connectivity index (χ0) is 18.8. The molecule has 3 aromatic rings. The third-order valence-corrected chi connectivity index (χ3v) is 5.78. The molecule has 0 spiro atoms. The van der Waals surface area contributed by atoms with Crippen LogP contribution in [-0.4, -0.2) is 23.2 Å². The normalized spacial score (nSPS) is 13.0. The molecule has 4 rings (SSSR count). The first kappa shape index (κ1) is 17.3. The van der Waals surface area contributed by atoms with Crippen LogP contribution in [0.25, 0.3) is 11.1 Å². The highest BCUT2D eigenvalue weighted by atomic mass is 32.2. The van der Waals surface area contributed by atoms with Crippen molar-refractivity contribution in [2.75, 3.05) is 17.2 Å². The van der Waals surface area contributed by atoms with E-state index in [2.05, 4.69) is 11.1 Å². The van der Waals surface area contributed by atoms with Crippen molar-refractivity contribution >= 4 is 23.4 Å². The van der Waals surface area contributed by atoms with Crippen molar-refractivity contribution in [1.29, 1.82) is 5.26 Å². The largest absolute Gasteiger partial charge is 0.305 e. The van der Waals surface area contributed by atoms with E-state index in [4.69, 9.17) is 5.26 Å². The lowest BCUT2D eigenvalue weighted by Gasteiger charge is -2.30. The fourth-order valence-corrected chi connectivity index (χ4v) is 4.36. The molecule has 1 aliphatic rings. The summed E-state index contributed by atoms with van der Waals surface area (Å²) >= 11 is 1.74. The first-order chi connectivity index (χ1) is 13.2. The predicted molar refractivity (Wildman–Crippen MR) is 108 cm³/mol. The van der Waals surface area contributed by atoms with Gasteiger partial charge >= 0.3 is 0 Å². The van der Waals surface area contributed by atoms with Gasteiger partial charge < -0.3 is 4.90 Å². The second-order valence-corrected chi connectivity index (χ2v) is 7.45. The maximum atomic E-state index is 13.2. The summed E-state index contributed by atoms with van der Waals surface area (Å²) in [5.41, 5.74) is 5.15. The Morgan fingerprint density at radius 2 is 1.93 bits per heavy atom. The monoisotopic (exact) mass is 371 g/mol. The minimum Gasteiger partial charge on any atom is -0.305 e. The van der Waals surface area contributed by atoms with Crippen LogP contribution in [0, 0.1) is 18.3 Å². The Balaban J connectivity index is 1.77. The van der Waals surface area contributed by atoms with Gasteiger partial charge in [-0.15, -0.1) is 11.8 Å². The average molecular weight is 371 g/mol. The van der Waals surface area contributed by atoms with Crippen LogP contribution in [0.3, 0.4) is 0 Å². The number of rotatable bonds is 2. The molecule has 0 bridgehead atoms. The second kappa shape index (κ2) is 7.26. The van der Waals surface area contributed by atoms with Crippen molar-refractivity contribution in [3.05, 3.63) is 77.6 Å². The number of benzene rings is 2. The molecule has 0 atom stereocenters. The number of carbonyl (C=O) groups excluding carboxylic acids is 1. The third kappa shape index (κ3) is 3.20. The Labute approximate surface area is 162 Å². The first-order valence-electron chi connectivity index (χ1n) is 8.68. The van der Waals surface area contributed by atoms with Crippen molar-refractivity contribution < 1.29 is 4.79 Å². The lowest BCUT2D eigenvalue weighted by atomic mass is 10.0. The van der Waals surface area contributed by atoms with Gasteiger partial charge in [0.05, 0.1) is 23.5 Å².